The first-order chi connectivity index (χ1) is 7.46. The second-order valence-electron chi connectivity index (χ2n) is 2.60. The normalized spacial score (nSPS) is 15.1. The molecule has 0 aliphatic carbocycles. The van der Waals surface area contributed by atoms with Gasteiger partial charge in [-0.15, -0.1) is 0 Å². The third-order valence-corrected chi connectivity index (χ3v) is 2.10. The molecule has 0 unspecified atom stereocenters. The second-order valence-corrected chi connectivity index (χ2v) is 4.03. The summed E-state index contributed by atoms with van der Waals surface area (Å²) >= 11 is 0. The zero-order valence-corrected chi connectivity index (χ0v) is 12.4. The van der Waals surface area contributed by atoms with E-state index in [-0.39, 0.29) is 51.4 Å². The molecular formula is C4F9KO4S. The van der Waals surface area contributed by atoms with Crippen molar-refractivity contribution in [2.24, 2.45) is 0 Å². The fourth-order valence-electron chi connectivity index (χ4n) is 0.424. The van der Waals surface area contributed by atoms with Gasteiger partial charge in [-0.3, -0.25) is 0 Å². The van der Waals surface area contributed by atoms with E-state index in [9.17, 15) is 52.5 Å². The summed E-state index contributed by atoms with van der Waals surface area (Å²) in [6.07, 6.45) is -20.5. The Balaban J connectivity index is 0. The van der Waals surface area contributed by atoms with Gasteiger partial charge in [-0.25, -0.2) is 13.2 Å². The van der Waals surface area contributed by atoms with Crippen LogP contribution in [-0.4, -0.2) is 36.6 Å². The maximum absolute atomic E-state index is 12.2. The topological polar surface area (TPSA) is 66.4 Å². The molecule has 110 valence electrons. The molecule has 0 saturated heterocycles. The van der Waals surface area contributed by atoms with Gasteiger partial charge in [-0.2, -0.15) is 39.5 Å². The van der Waals surface area contributed by atoms with Gasteiger partial charge in [-0.05, 0) is 0 Å². The van der Waals surface area contributed by atoms with Gasteiger partial charge in [0.05, 0.1) is 0 Å². The van der Waals surface area contributed by atoms with Crippen molar-refractivity contribution in [3.05, 3.63) is 0 Å². The Labute approximate surface area is 141 Å². The molecule has 19 heavy (non-hydrogen) atoms. The smallest absolute Gasteiger partial charge is 0.743 e. The van der Waals surface area contributed by atoms with Crippen molar-refractivity contribution in [2.45, 2.75) is 23.6 Å². The maximum atomic E-state index is 12.2. The Kier molecular flexibility index (Phi) is 6.92. The number of ether oxygens (including phenoxy) is 1. The third kappa shape index (κ3) is 4.68. The van der Waals surface area contributed by atoms with Crippen LogP contribution in [0.5, 0.6) is 0 Å². The van der Waals surface area contributed by atoms with Crippen LogP contribution in [0.4, 0.5) is 39.5 Å². The summed E-state index contributed by atoms with van der Waals surface area (Å²) in [5, 5.41) is -6.81. The van der Waals surface area contributed by atoms with Gasteiger partial charge in [0.15, 0.2) is 10.1 Å². The van der Waals surface area contributed by atoms with Crippen molar-refractivity contribution in [1.82, 2.24) is 0 Å². The molecule has 4 nitrogen and oxygen atoms in total. The summed E-state index contributed by atoms with van der Waals surface area (Å²) in [5.74, 6) is 0. The van der Waals surface area contributed by atoms with Crippen molar-refractivity contribution >= 4 is 10.1 Å². The van der Waals surface area contributed by atoms with E-state index in [1.807, 2.05) is 0 Å². The molecule has 0 aliphatic rings. The first-order valence-corrected chi connectivity index (χ1v) is 4.72. The van der Waals surface area contributed by atoms with E-state index in [1.165, 1.54) is 4.74 Å². The first-order valence-electron chi connectivity index (χ1n) is 3.31. The first kappa shape index (κ1) is 22.2. The maximum Gasteiger partial charge on any atom is 1.00 e. The van der Waals surface area contributed by atoms with Gasteiger partial charge >= 0.3 is 75.0 Å². The van der Waals surface area contributed by atoms with Crippen molar-refractivity contribution in [1.29, 1.82) is 0 Å². The molecule has 0 spiro atoms. The molecule has 15 heteroatoms. The van der Waals surface area contributed by atoms with E-state index in [4.69, 9.17) is 0 Å². The van der Waals surface area contributed by atoms with Crippen LogP contribution >= 0.6 is 0 Å². The molecular weight excluding hydrogens is 354 g/mol. The van der Waals surface area contributed by atoms with E-state index in [0.29, 0.717) is 0 Å². The molecule has 0 N–H and O–H groups in total. The average molecular weight is 354 g/mol. The number of halogens is 9. The Morgan fingerprint density at radius 2 is 1.11 bits per heavy atom. The summed E-state index contributed by atoms with van der Waals surface area (Å²) in [7, 11) is -7.24. The van der Waals surface area contributed by atoms with Crippen LogP contribution < -0.4 is 51.4 Å². The van der Waals surface area contributed by atoms with Crippen LogP contribution in [0.3, 0.4) is 0 Å². The van der Waals surface area contributed by atoms with E-state index in [1.54, 1.807) is 0 Å². The Hall–Kier alpha value is 0.876. The summed E-state index contributed by atoms with van der Waals surface area (Å²) in [4.78, 5) is 0. The van der Waals surface area contributed by atoms with Gasteiger partial charge in [0.1, 0.15) is 0 Å². The van der Waals surface area contributed by atoms with Gasteiger partial charge < -0.3 is 4.55 Å². The van der Waals surface area contributed by atoms with E-state index in [2.05, 4.69) is 0 Å². The zero-order valence-electron chi connectivity index (χ0n) is 8.44. The molecule has 0 aromatic rings. The minimum atomic E-state index is -7.24. The summed E-state index contributed by atoms with van der Waals surface area (Å²) in [6.45, 7) is 0. The van der Waals surface area contributed by atoms with Crippen LogP contribution in [0, 0.1) is 0 Å². The van der Waals surface area contributed by atoms with Crippen LogP contribution in [0.15, 0.2) is 0 Å². The Morgan fingerprint density at radius 1 is 0.789 bits per heavy atom. The Morgan fingerprint density at radius 3 is 1.32 bits per heavy atom. The predicted molar refractivity (Wildman–Crippen MR) is 31.7 cm³/mol. The zero-order chi connectivity index (χ0) is 15.2. The molecule has 0 bridgehead atoms. The van der Waals surface area contributed by atoms with E-state index >= 15 is 0 Å². The van der Waals surface area contributed by atoms with Crippen molar-refractivity contribution in [3.63, 3.8) is 0 Å². The SMILES string of the molecule is O=S(=O)([O-])C(F)(F)C(F)(F)OC(F)(F)C(F)(F)F.[K+]. The van der Waals surface area contributed by atoms with Crippen LogP contribution in [0.25, 0.3) is 0 Å². The molecule has 0 radical (unpaired) electrons. The van der Waals surface area contributed by atoms with Gasteiger partial charge in [-0.1, -0.05) is 0 Å². The summed E-state index contributed by atoms with van der Waals surface area (Å²) < 4.78 is 137. The monoisotopic (exact) mass is 354 g/mol. The fraction of sp³-hybridized carbons (Fsp3) is 1.00. The number of hydrogen-bond donors (Lipinski definition) is 0. The van der Waals surface area contributed by atoms with E-state index < -0.39 is 33.8 Å². The van der Waals surface area contributed by atoms with Crippen LogP contribution in [-0.2, 0) is 14.9 Å². The van der Waals surface area contributed by atoms with Gasteiger partial charge in [0, 0.05) is 0 Å². The molecule has 0 aromatic carbocycles. The molecule has 0 rings (SSSR count). The van der Waals surface area contributed by atoms with Crippen molar-refractivity contribution in [3.8, 4) is 0 Å². The molecule has 0 atom stereocenters. The van der Waals surface area contributed by atoms with Gasteiger partial charge in [0.25, 0.3) is 0 Å². The largest absolute Gasteiger partial charge is 1.00 e. The Bertz CT molecular complexity index is 414. The standard InChI is InChI=1S/C4HF9O4S.K/c5-1(6,7)2(8,9)17-3(10,11)4(12,13)18(14,15)16;/h(H,14,15,16);/q;+1/p-1. The van der Waals surface area contributed by atoms with Crippen LogP contribution in [0.2, 0.25) is 0 Å². The number of alkyl halides is 9. The number of rotatable bonds is 4. The molecule has 0 amide bonds. The second kappa shape index (κ2) is 5.94. The summed E-state index contributed by atoms with van der Waals surface area (Å²) in [6, 6.07) is 0. The van der Waals surface area contributed by atoms with Gasteiger partial charge in [0.2, 0.25) is 0 Å². The minimum absolute atomic E-state index is 0. The van der Waals surface area contributed by atoms with Crippen molar-refractivity contribution < 1.29 is 109 Å². The molecule has 0 fully saturated rings. The third-order valence-electron chi connectivity index (χ3n) is 1.24. The molecule has 0 aromatic heterocycles. The fourth-order valence-corrected chi connectivity index (χ4v) is 0.756. The van der Waals surface area contributed by atoms with E-state index in [0.717, 1.165) is 0 Å². The minimum Gasteiger partial charge on any atom is -0.743 e. The molecule has 0 saturated carbocycles. The van der Waals surface area contributed by atoms with Crippen LogP contribution in [0.1, 0.15) is 0 Å². The number of hydrogen-bond acceptors (Lipinski definition) is 4. The summed E-state index contributed by atoms with van der Waals surface area (Å²) in [5.41, 5.74) is 0. The average Bonchev–Trinajstić information content (AvgIpc) is 1.96. The molecule has 0 heterocycles. The quantitative estimate of drug-likeness (QED) is 0.365. The predicted octanol–water partition coefficient (Wildman–Crippen LogP) is -1.11. The van der Waals surface area contributed by atoms with Crippen molar-refractivity contribution in [2.75, 3.05) is 0 Å². The molecule has 0 aliphatic heterocycles.